The summed E-state index contributed by atoms with van der Waals surface area (Å²) < 4.78 is 4.63. The Morgan fingerprint density at radius 1 is 1.47 bits per heavy atom. The number of amides is 2. The molecule has 2 rings (SSSR count). The second-order valence-corrected chi connectivity index (χ2v) is 4.37. The van der Waals surface area contributed by atoms with Crippen LogP contribution in [-0.2, 0) is 19.1 Å². The molecule has 6 heteroatoms. The molecule has 2 aliphatic rings. The Morgan fingerprint density at radius 2 is 2.06 bits per heavy atom. The van der Waals surface area contributed by atoms with Gasteiger partial charge in [-0.1, -0.05) is 6.92 Å². The highest BCUT2D eigenvalue weighted by molar-refractivity contribution is 6.09. The normalized spacial score (nSPS) is 28.0. The number of esters is 1. The number of ether oxygens (including phenoxy) is 1. The first-order valence-electron chi connectivity index (χ1n) is 5.76. The summed E-state index contributed by atoms with van der Waals surface area (Å²) in [5.41, 5.74) is 0. The van der Waals surface area contributed by atoms with Crippen molar-refractivity contribution in [2.24, 2.45) is 11.8 Å². The molecule has 94 valence electrons. The largest absolute Gasteiger partial charge is 0.468 e. The Bertz CT molecular complexity index is 348. The lowest BCUT2D eigenvalue weighted by molar-refractivity contribution is -0.146. The van der Waals surface area contributed by atoms with Crippen LogP contribution in [0.25, 0.3) is 0 Å². The van der Waals surface area contributed by atoms with Gasteiger partial charge < -0.3 is 10.1 Å². The first-order chi connectivity index (χ1) is 8.10. The molecule has 2 fully saturated rings. The van der Waals surface area contributed by atoms with Crippen LogP contribution in [0.3, 0.4) is 0 Å². The van der Waals surface area contributed by atoms with Crippen LogP contribution in [0.4, 0.5) is 0 Å². The molecule has 2 amide bonds. The number of likely N-dealkylation sites (tertiary alicyclic amines) is 1. The van der Waals surface area contributed by atoms with Gasteiger partial charge in [0, 0.05) is 0 Å². The molecule has 0 aromatic heterocycles. The predicted molar refractivity (Wildman–Crippen MR) is 57.8 cm³/mol. The summed E-state index contributed by atoms with van der Waals surface area (Å²) in [4.78, 5) is 36.1. The maximum absolute atomic E-state index is 11.7. The smallest absolute Gasteiger partial charge is 0.324 e. The summed E-state index contributed by atoms with van der Waals surface area (Å²) in [5.74, 6) is -0.989. The van der Waals surface area contributed by atoms with Gasteiger partial charge in [-0.15, -0.1) is 0 Å². The number of likely N-dealkylation sites (N-methyl/N-ethyl adjacent to an activating group) is 1. The second kappa shape index (κ2) is 4.44. The number of methoxy groups -OCH3 is 1. The standard InChI is InChI=1S/C11H16N2O4/c1-3-12-8(11(16)17-2)5-13-9(14)6-4-7(6)10(13)15/h6-8,12H,3-5H2,1-2H3. The molecular formula is C11H16N2O4. The fourth-order valence-electron chi connectivity index (χ4n) is 2.22. The minimum absolute atomic E-state index is 0.0746. The third kappa shape index (κ3) is 2.04. The number of piperidine rings is 1. The molecule has 0 radical (unpaired) electrons. The molecule has 0 spiro atoms. The molecule has 0 aromatic carbocycles. The zero-order valence-corrected chi connectivity index (χ0v) is 9.93. The van der Waals surface area contributed by atoms with Gasteiger partial charge in [-0.05, 0) is 13.0 Å². The summed E-state index contributed by atoms with van der Waals surface area (Å²) in [6.45, 7) is 2.50. The number of nitrogens with zero attached hydrogens (tertiary/aromatic N) is 1. The van der Waals surface area contributed by atoms with E-state index < -0.39 is 12.0 Å². The molecule has 17 heavy (non-hydrogen) atoms. The van der Waals surface area contributed by atoms with Crippen molar-refractivity contribution in [1.82, 2.24) is 10.2 Å². The fourth-order valence-corrected chi connectivity index (χ4v) is 2.22. The first-order valence-corrected chi connectivity index (χ1v) is 5.76. The average Bonchev–Trinajstić information content (AvgIpc) is 3.07. The molecule has 1 N–H and O–H groups in total. The van der Waals surface area contributed by atoms with Gasteiger partial charge in [-0.2, -0.15) is 0 Å². The molecule has 0 aromatic rings. The van der Waals surface area contributed by atoms with Gasteiger partial charge in [0.2, 0.25) is 11.8 Å². The van der Waals surface area contributed by atoms with Gasteiger partial charge in [-0.25, -0.2) is 0 Å². The van der Waals surface area contributed by atoms with E-state index in [1.165, 1.54) is 12.0 Å². The van der Waals surface area contributed by atoms with Crippen molar-refractivity contribution in [2.75, 3.05) is 20.2 Å². The highest BCUT2D eigenvalue weighted by Gasteiger charge is 2.59. The Kier molecular flexibility index (Phi) is 3.15. The van der Waals surface area contributed by atoms with Gasteiger partial charge in [-0.3, -0.25) is 19.3 Å². The lowest BCUT2D eigenvalue weighted by Gasteiger charge is -2.22. The Morgan fingerprint density at radius 3 is 2.53 bits per heavy atom. The Balaban J connectivity index is 2.00. The van der Waals surface area contributed by atoms with E-state index >= 15 is 0 Å². The van der Waals surface area contributed by atoms with E-state index in [0.29, 0.717) is 13.0 Å². The van der Waals surface area contributed by atoms with Crippen LogP contribution < -0.4 is 5.32 Å². The van der Waals surface area contributed by atoms with Crippen molar-refractivity contribution in [1.29, 1.82) is 0 Å². The van der Waals surface area contributed by atoms with E-state index in [2.05, 4.69) is 10.1 Å². The Labute approximate surface area is 99.3 Å². The molecule has 6 nitrogen and oxygen atoms in total. The minimum atomic E-state index is -0.629. The quantitative estimate of drug-likeness (QED) is 0.500. The van der Waals surface area contributed by atoms with Crippen LogP contribution in [0.2, 0.25) is 0 Å². The van der Waals surface area contributed by atoms with E-state index in [1.54, 1.807) is 0 Å². The zero-order valence-electron chi connectivity index (χ0n) is 9.93. The number of carbonyl (C=O) groups excluding carboxylic acids is 3. The van der Waals surface area contributed by atoms with Crippen molar-refractivity contribution in [3.8, 4) is 0 Å². The van der Waals surface area contributed by atoms with Gasteiger partial charge in [0.1, 0.15) is 6.04 Å². The summed E-state index contributed by atoms with van der Waals surface area (Å²) >= 11 is 0. The van der Waals surface area contributed by atoms with Gasteiger partial charge in [0.05, 0.1) is 25.5 Å². The highest BCUT2D eigenvalue weighted by Crippen LogP contribution is 2.46. The molecule has 0 bridgehead atoms. The maximum Gasteiger partial charge on any atom is 0.324 e. The fraction of sp³-hybridized carbons (Fsp3) is 0.727. The summed E-state index contributed by atoms with van der Waals surface area (Å²) in [6.07, 6.45) is 0.679. The van der Waals surface area contributed by atoms with Gasteiger partial charge in [0.25, 0.3) is 0 Å². The first kappa shape index (κ1) is 12.0. The van der Waals surface area contributed by atoms with Crippen LogP contribution in [0.1, 0.15) is 13.3 Å². The average molecular weight is 240 g/mol. The van der Waals surface area contributed by atoms with Crippen molar-refractivity contribution in [2.45, 2.75) is 19.4 Å². The number of fused-ring (bicyclic) bond motifs is 1. The van der Waals surface area contributed by atoms with E-state index in [0.717, 1.165) is 0 Å². The highest BCUT2D eigenvalue weighted by atomic mass is 16.5. The van der Waals surface area contributed by atoms with E-state index in [9.17, 15) is 14.4 Å². The number of imide groups is 1. The van der Waals surface area contributed by atoms with Crippen LogP contribution in [0.15, 0.2) is 0 Å². The van der Waals surface area contributed by atoms with E-state index in [-0.39, 0.29) is 30.2 Å². The van der Waals surface area contributed by atoms with Crippen LogP contribution >= 0.6 is 0 Å². The molecule has 1 saturated heterocycles. The van der Waals surface area contributed by atoms with Crippen molar-refractivity contribution in [3.63, 3.8) is 0 Å². The van der Waals surface area contributed by atoms with Gasteiger partial charge in [0.15, 0.2) is 0 Å². The zero-order chi connectivity index (χ0) is 12.6. The number of carbonyl (C=O) groups is 3. The SMILES string of the molecule is CCNC(CN1C(=O)C2CC2C1=O)C(=O)OC. The molecule has 1 aliphatic carbocycles. The molecule has 1 saturated carbocycles. The van der Waals surface area contributed by atoms with Crippen molar-refractivity contribution < 1.29 is 19.1 Å². The van der Waals surface area contributed by atoms with Crippen LogP contribution in [0, 0.1) is 11.8 Å². The Hall–Kier alpha value is -1.43. The molecular weight excluding hydrogens is 224 g/mol. The van der Waals surface area contributed by atoms with Gasteiger partial charge >= 0.3 is 5.97 Å². The minimum Gasteiger partial charge on any atom is -0.468 e. The number of rotatable bonds is 5. The summed E-state index contributed by atoms with van der Waals surface area (Å²) in [5, 5.41) is 2.91. The molecule has 1 aliphatic heterocycles. The summed E-state index contributed by atoms with van der Waals surface area (Å²) in [7, 11) is 1.29. The van der Waals surface area contributed by atoms with Crippen molar-refractivity contribution >= 4 is 17.8 Å². The third-order valence-electron chi connectivity index (χ3n) is 3.26. The number of hydrogen-bond donors (Lipinski definition) is 1. The molecule has 3 atom stereocenters. The lowest BCUT2D eigenvalue weighted by Crippen LogP contribution is -2.49. The van der Waals surface area contributed by atoms with Crippen LogP contribution in [-0.4, -0.2) is 48.9 Å². The maximum atomic E-state index is 11.7. The predicted octanol–water partition coefficient (Wildman–Crippen LogP) is -0.858. The van der Waals surface area contributed by atoms with Crippen molar-refractivity contribution in [3.05, 3.63) is 0 Å². The van der Waals surface area contributed by atoms with Crippen LogP contribution in [0.5, 0.6) is 0 Å². The third-order valence-corrected chi connectivity index (χ3v) is 3.26. The van der Waals surface area contributed by atoms with E-state index in [4.69, 9.17) is 0 Å². The lowest BCUT2D eigenvalue weighted by atomic mass is 10.2. The molecule has 1 heterocycles. The topological polar surface area (TPSA) is 75.7 Å². The second-order valence-electron chi connectivity index (χ2n) is 4.37. The van der Waals surface area contributed by atoms with E-state index in [1.807, 2.05) is 6.92 Å². The monoisotopic (exact) mass is 240 g/mol. The number of hydrogen-bond acceptors (Lipinski definition) is 5. The number of nitrogens with one attached hydrogen (secondary N) is 1. The summed E-state index contributed by atoms with van der Waals surface area (Å²) in [6, 6.07) is -0.629. The molecule has 3 unspecified atom stereocenters.